The molecule has 0 saturated carbocycles. The summed E-state index contributed by atoms with van der Waals surface area (Å²) < 4.78 is 27.5. The summed E-state index contributed by atoms with van der Waals surface area (Å²) in [4.78, 5) is 12.7. The number of carbonyl (C=O) groups is 1. The first-order valence-corrected chi connectivity index (χ1v) is 10.6. The van der Waals surface area contributed by atoms with Gasteiger partial charge in [0, 0.05) is 31.2 Å². The van der Waals surface area contributed by atoms with Crippen LogP contribution in [0.3, 0.4) is 0 Å². The van der Waals surface area contributed by atoms with Gasteiger partial charge in [-0.3, -0.25) is 10.2 Å². The summed E-state index contributed by atoms with van der Waals surface area (Å²) in [5.41, 5.74) is 3.27. The molecule has 1 aromatic rings. The Balaban J connectivity index is 1.77. The number of piperidine rings is 2. The maximum Gasteiger partial charge on any atom is 0.265 e. The zero-order chi connectivity index (χ0) is 17.9. The maximum absolute atomic E-state index is 12.9. The number of hydrogen-bond acceptors (Lipinski definition) is 4. The van der Waals surface area contributed by atoms with Gasteiger partial charge in [0.25, 0.3) is 5.91 Å². The molecule has 3 rings (SSSR count). The number of hydrazine groups is 1. The van der Waals surface area contributed by atoms with E-state index in [1.54, 1.807) is 22.5 Å². The number of nitrogens with zero attached hydrogens (tertiary/aromatic N) is 2. The van der Waals surface area contributed by atoms with Crippen molar-refractivity contribution in [2.45, 2.75) is 56.4 Å². The molecule has 0 unspecified atom stereocenters. The zero-order valence-electron chi connectivity index (χ0n) is 14.8. The van der Waals surface area contributed by atoms with Gasteiger partial charge in [-0.15, -0.1) is 0 Å². The summed E-state index contributed by atoms with van der Waals surface area (Å²) in [6.07, 6.45) is 6.16. The molecular weight excluding hydrogens is 338 g/mol. The van der Waals surface area contributed by atoms with Gasteiger partial charge in [-0.05, 0) is 50.8 Å². The van der Waals surface area contributed by atoms with Crippen LogP contribution in [-0.2, 0) is 10.0 Å². The highest BCUT2D eigenvalue weighted by molar-refractivity contribution is 7.89. The van der Waals surface area contributed by atoms with Gasteiger partial charge in [0.05, 0.1) is 4.90 Å². The Morgan fingerprint density at radius 3 is 2.52 bits per heavy atom. The molecular formula is C18H27N3O3S. The first-order valence-electron chi connectivity index (χ1n) is 9.16. The molecule has 0 radical (unpaired) electrons. The van der Waals surface area contributed by atoms with Gasteiger partial charge in [0.15, 0.2) is 0 Å². The van der Waals surface area contributed by atoms with Crippen molar-refractivity contribution < 1.29 is 13.2 Å². The van der Waals surface area contributed by atoms with Gasteiger partial charge in [-0.25, -0.2) is 13.4 Å². The van der Waals surface area contributed by atoms with E-state index in [-0.39, 0.29) is 16.8 Å². The Hall–Kier alpha value is -1.44. The highest BCUT2D eigenvalue weighted by Crippen LogP contribution is 2.25. The Morgan fingerprint density at radius 2 is 1.80 bits per heavy atom. The third-order valence-corrected chi connectivity index (χ3v) is 7.07. The quantitative estimate of drug-likeness (QED) is 0.889. The van der Waals surface area contributed by atoms with E-state index in [0.29, 0.717) is 12.1 Å². The SMILES string of the molecule is C[C@@H]1CCCCN1S(=O)(=O)c1cccc(C(=O)NN2CCCCC2)c1. The molecule has 7 heteroatoms. The van der Waals surface area contributed by atoms with Crippen molar-refractivity contribution in [3.63, 3.8) is 0 Å². The zero-order valence-corrected chi connectivity index (χ0v) is 15.6. The fourth-order valence-corrected chi connectivity index (χ4v) is 5.32. The molecule has 0 aliphatic carbocycles. The monoisotopic (exact) mass is 365 g/mol. The smallest absolute Gasteiger partial charge is 0.265 e. The molecule has 1 N–H and O–H groups in total. The predicted molar refractivity (Wildman–Crippen MR) is 96.5 cm³/mol. The number of sulfonamides is 1. The van der Waals surface area contributed by atoms with E-state index in [1.807, 2.05) is 11.9 Å². The van der Waals surface area contributed by atoms with Crippen LogP contribution in [0.5, 0.6) is 0 Å². The molecule has 2 fully saturated rings. The van der Waals surface area contributed by atoms with Gasteiger partial charge in [-0.1, -0.05) is 18.9 Å². The lowest BCUT2D eigenvalue weighted by molar-refractivity contribution is 0.0750. The summed E-state index contributed by atoms with van der Waals surface area (Å²) in [7, 11) is -3.56. The number of rotatable bonds is 4. The highest BCUT2D eigenvalue weighted by Gasteiger charge is 2.31. The number of amides is 1. The molecule has 2 saturated heterocycles. The second-order valence-electron chi connectivity index (χ2n) is 6.98. The minimum absolute atomic E-state index is 0.00424. The lowest BCUT2D eigenvalue weighted by Crippen LogP contribution is -2.45. The third-order valence-electron chi connectivity index (χ3n) is 5.06. The first-order chi connectivity index (χ1) is 12.0. The van der Waals surface area contributed by atoms with Crippen molar-refractivity contribution in [3.05, 3.63) is 29.8 Å². The number of nitrogens with one attached hydrogen (secondary N) is 1. The van der Waals surface area contributed by atoms with Crippen LogP contribution in [0.25, 0.3) is 0 Å². The standard InChI is InChI=1S/C18H27N3O3S/c1-15-8-3-6-13-21(15)25(23,24)17-10-7-9-16(14-17)18(22)19-20-11-4-2-5-12-20/h7,9-10,14-15H,2-6,8,11-13H2,1H3,(H,19,22)/t15-/m1/s1. The van der Waals surface area contributed by atoms with Gasteiger partial charge in [0.1, 0.15) is 0 Å². The average molecular weight is 365 g/mol. The molecule has 0 aromatic heterocycles. The number of carbonyl (C=O) groups excluding carboxylic acids is 1. The third kappa shape index (κ3) is 4.22. The predicted octanol–water partition coefficient (Wildman–Crippen LogP) is 2.38. The normalized spacial score (nSPS) is 23.3. The van der Waals surface area contributed by atoms with E-state index in [2.05, 4.69) is 5.43 Å². The molecule has 1 atom stereocenters. The second kappa shape index (κ2) is 7.85. The molecule has 0 spiro atoms. The molecule has 25 heavy (non-hydrogen) atoms. The number of benzene rings is 1. The Morgan fingerprint density at radius 1 is 1.08 bits per heavy atom. The van der Waals surface area contributed by atoms with Crippen molar-refractivity contribution >= 4 is 15.9 Å². The Labute approximate surface area is 150 Å². The highest BCUT2D eigenvalue weighted by atomic mass is 32.2. The summed E-state index contributed by atoms with van der Waals surface area (Å²) in [6, 6.07) is 6.39. The van der Waals surface area contributed by atoms with E-state index in [1.165, 1.54) is 12.5 Å². The van der Waals surface area contributed by atoms with E-state index in [4.69, 9.17) is 0 Å². The summed E-state index contributed by atoms with van der Waals surface area (Å²) in [5, 5.41) is 1.92. The fourth-order valence-electron chi connectivity index (χ4n) is 3.58. The van der Waals surface area contributed by atoms with E-state index < -0.39 is 10.0 Å². The van der Waals surface area contributed by atoms with Crippen molar-refractivity contribution in [3.8, 4) is 0 Å². The molecule has 2 aliphatic rings. The van der Waals surface area contributed by atoms with Gasteiger partial charge in [0.2, 0.25) is 10.0 Å². The molecule has 6 nitrogen and oxygen atoms in total. The molecule has 0 bridgehead atoms. The van der Waals surface area contributed by atoms with Gasteiger partial charge < -0.3 is 0 Å². The van der Waals surface area contributed by atoms with Crippen molar-refractivity contribution in [1.29, 1.82) is 0 Å². The minimum atomic E-state index is -3.56. The summed E-state index contributed by atoms with van der Waals surface area (Å²) in [5.74, 6) is -0.245. The van der Waals surface area contributed by atoms with Gasteiger partial charge >= 0.3 is 0 Å². The van der Waals surface area contributed by atoms with Crippen LogP contribution in [0.1, 0.15) is 55.8 Å². The minimum Gasteiger partial charge on any atom is -0.285 e. The van der Waals surface area contributed by atoms with Crippen LogP contribution < -0.4 is 5.43 Å². The largest absolute Gasteiger partial charge is 0.285 e. The lowest BCUT2D eigenvalue weighted by Gasteiger charge is -2.32. The van der Waals surface area contributed by atoms with Crippen molar-refractivity contribution in [1.82, 2.24) is 14.7 Å². The Bertz CT molecular complexity index is 714. The van der Waals surface area contributed by atoms with Crippen LogP contribution >= 0.6 is 0 Å². The van der Waals surface area contributed by atoms with E-state index in [0.717, 1.165) is 45.2 Å². The topological polar surface area (TPSA) is 69.7 Å². The average Bonchev–Trinajstić information content (AvgIpc) is 2.63. The van der Waals surface area contributed by atoms with Crippen LogP contribution in [0.4, 0.5) is 0 Å². The molecule has 2 heterocycles. The Kier molecular flexibility index (Phi) is 5.76. The summed E-state index contributed by atoms with van der Waals surface area (Å²) in [6.45, 7) is 4.18. The van der Waals surface area contributed by atoms with Crippen molar-refractivity contribution in [2.75, 3.05) is 19.6 Å². The number of hydrogen-bond donors (Lipinski definition) is 1. The molecule has 1 aromatic carbocycles. The van der Waals surface area contributed by atoms with Crippen LogP contribution in [0.2, 0.25) is 0 Å². The van der Waals surface area contributed by atoms with E-state index in [9.17, 15) is 13.2 Å². The molecule has 138 valence electrons. The lowest BCUT2D eigenvalue weighted by atomic mass is 10.1. The fraction of sp³-hybridized carbons (Fsp3) is 0.611. The summed E-state index contributed by atoms with van der Waals surface area (Å²) >= 11 is 0. The second-order valence-corrected chi connectivity index (χ2v) is 8.87. The van der Waals surface area contributed by atoms with Crippen LogP contribution in [0.15, 0.2) is 29.2 Å². The molecule has 1 amide bonds. The van der Waals surface area contributed by atoms with Crippen LogP contribution in [-0.4, -0.2) is 49.3 Å². The molecule has 2 aliphatic heterocycles. The van der Waals surface area contributed by atoms with E-state index >= 15 is 0 Å². The van der Waals surface area contributed by atoms with Gasteiger partial charge in [-0.2, -0.15) is 4.31 Å². The maximum atomic E-state index is 12.9. The van der Waals surface area contributed by atoms with Crippen LogP contribution in [0, 0.1) is 0 Å². The van der Waals surface area contributed by atoms with Crippen molar-refractivity contribution in [2.24, 2.45) is 0 Å². The first kappa shape index (κ1) is 18.4.